The Labute approximate surface area is 207 Å². The molecular formula is C29H22N2O5. The fraction of sp³-hybridized carbons (Fsp3) is 0.103. The zero-order chi connectivity index (χ0) is 25.2. The van der Waals surface area contributed by atoms with Crippen LogP contribution in [0.3, 0.4) is 0 Å². The summed E-state index contributed by atoms with van der Waals surface area (Å²) in [5.74, 6) is -1.96. The molecule has 1 aliphatic rings. The number of carbonyl (C=O) groups is 4. The van der Waals surface area contributed by atoms with E-state index in [1.54, 1.807) is 24.3 Å². The number of nitrogens with zero attached hydrogens (tertiary/aromatic N) is 1. The number of amides is 3. The van der Waals surface area contributed by atoms with Crippen LogP contribution in [0.25, 0.3) is 10.8 Å². The molecule has 1 aliphatic heterocycles. The second kappa shape index (κ2) is 9.46. The van der Waals surface area contributed by atoms with E-state index in [2.05, 4.69) is 5.32 Å². The molecule has 7 nitrogen and oxygen atoms in total. The minimum absolute atomic E-state index is 0.196. The average Bonchev–Trinajstić information content (AvgIpc) is 2.91. The van der Waals surface area contributed by atoms with Gasteiger partial charge in [0.1, 0.15) is 0 Å². The molecule has 0 saturated heterocycles. The summed E-state index contributed by atoms with van der Waals surface area (Å²) < 4.78 is 5.14. The summed E-state index contributed by atoms with van der Waals surface area (Å²) in [6.45, 7) is 1.41. The van der Waals surface area contributed by atoms with E-state index in [1.807, 2.05) is 49.4 Å². The van der Waals surface area contributed by atoms with E-state index in [-0.39, 0.29) is 11.6 Å². The first-order valence-electron chi connectivity index (χ1n) is 11.5. The van der Waals surface area contributed by atoms with Crippen LogP contribution < -0.4 is 10.2 Å². The number of nitrogens with one attached hydrogen (secondary N) is 1. The lowest BCUT2D eigenvalue weighted by Gasteiger charge is -2.27. The number of hydrogen-bond acceptors (Lipinski definition) is 5. The molecule has 36 heavy (non-hydrogen) atoms. The van der Waals surface area contributed by atoms with Crippen molar-refractivity contribution in [3.63, 3.8) is 0 Å². The van der Waals surface area contributed by atoms with Crippen LogP contribution in [0, 0.1) is 0 Å². The number of anilines is 1. The minimum atomic E-state index is -0.685. The minimum Gasteiger partial charge on any atom is -0.452 e. The van der Waals surface area contributed by atoms with Crippen LogP contribution in [0.2, 0.25) is 0 Å². The van der Waals surface area contributed by atoms with Gasteiger partial charge in [0.2, 0.25) is 0 Å². The number of hydrogen-bond donors (Lipinski definition) is 1. The standard InChI is InChI=1S/C29H22N2O5/c1-18(19-7-3-2-4-8-19)30-25(32)17-36-29(35)21-13-15-22(16-14-21)31-27(33)23-11-5-9-20-10-6-12-24(26(20)23)28(31)34/h2-16,18H,17H2,1H3,(H,30,32). The Balaban J connectivity index is 1.26. The van der Waals surface area contributed by atoms with Crippen molar-refractivity contribution >= 4 is 40.2 Å². The second-order valence-corrected chi connectivity index (χ2v) is 8.48. The third kappa shape index (κ3) is 4.22. The molecule has 0 aromatic heterocycles. The van der Waals surface area contributed by atoms with E-state index in [0.29, 0.717) is 22.2 Å². The molecule has 4 aromatic carbocycles. The maximum atomic E-state index is 13.2. The zero-order valence-electron chi connectivity index (χ0n) is 19.4. The molecule has 178 valence electrons. The third-order valence-corrected chi connectivity index (χ3v) is 6.14. The monoisotopic (exact) mass is 478 g/mol. The summed E-state index contributed by atoms with van der Waals surface area (Å²) in [5.41, 5.74) is 2.36. The molecular weight excluding hydrogens is 456 g/mol. The lowest BCUT2D eigenvalue weighted by Crippen LogP contribution is -2.40. The normalized spacial score (nSPS) is 13.4. The summed E-state index contributed by atoms with van der Waals surface area (Å²) in [4.78, 5) is 52.1. The number of imide groups is 1. The van der Waals surface area contributed by atoms with Crippen LogP contribution in [0.15, 0.2) is 91.0 Å². The van der Waals surface area contributed by atoms with E-state index >= 15 is 0 Å². The molecule has 7 heteroatoms. The highest BCUT2D eigenvalue weighted by atomic mass is 16.5. The molecule has 0 aliphatic carbocycles. The number of rotatable bonds is 6. The van der Waals surface area contributed by atoms with Crippen molar-refractivity contribution < 1.29 is 23.9 Å². The second-order valence-electron chi connectivity index (χ2n) is 8.48. The summed E-state index contributed by atoms with van der Waals surface area (Å²) in [6.07, 6.45) is 0. The highest BCUT2D eigenvalue weighted by Crippen LogP contribution is 2.32. The van der Waals surface area contributed by atoms with Gasteiger partial charge in [-0.3, -0.25) is 14.4 Å². The highest BCUT2D eigenvalue weighted by Gasteiger charge is 2.33. The molecule has 0 saturated carbocycles. The van der Waals surface area contributed by atoms with Crippen molar-refractivity contribution in [1.82, 2.24) is 5.32 Å². The highest BCUT2D eigenvalue weighted by molar-refractivity contribution is 6.35. The van der Waals surface area contributed by atoms with Crippen LogP contribution in [0.1, 0.15) is 49.6 Å². The summed E-state index contributed by atoms with van der Waals surface area (Å²) in [7, 11) is 0. The smallest absolute Gasteiger partial charge is 0.338 e. The lowest BCUT2D eigenvalue weighted by molar-refractivity contribution is -0.124. The molecule has 0 spiro atoms. The molecule has 0 bridgehead atoms. The molecule has 5 rings (SSSR count). The van der Waals surface area contributed by atoms with Gasteiger partial charge >= 0.3 is 5.97 Å². The summed E-state index contributed by atoms with van der Waals surface area (Å²) >= 11 is 0. The van der Waals surface area contributed by atoms with Gasteiger partial charge in [0.15, 0.2) is 6.61 Å². The van der Waals surface area contributed by atoms with Crippen LogP contribution in [-0.2, 0) is 9.53 Å². The Hall–Kier alpha value is -4.78. The Morgan fingerprint density at radius 3 is 2.03 bits per heavy atom. The zero-order valence-corrected chi connectivity index (χ0v) is 19.4. The summed E-state index contributed by atoms with van der Waals surface area (Å²) in [6, 6.07) is 25.8. The molecule has 0 fully saturated rings. The number of esters is 1. The third-order valence-electron chi connectivity index (χ3n) is 6.14. The molecule has 3 amide bonds. The quantitative estimate of drug-likeness (QED) is 0.321. The van der Waals surface area contributed by atoms with Gasteiger partial charge in [0, 0.05) is 16.5 Å². The van der Waals surface area contributed by atoms with E-state index in [9.17, 15) is 19.2 Å². The molecule has 1 heterocycles. The largest absolute Gasteiger partial charge is 0.452 e. The first kappa shape index (κ1) is 23.0. The fourth-order valence-corrected chi connectivity index (χ4v) is 4.33. The maximum absolute atomic E-state index is 13.2. The van der Waals surface area contributed by atoms with E-state index in [0.717, 1.165) is 15.8 Å². The van der Waals surface area contributed by atoms with E-state index in [1.165, 1.54) is 24.3 Å². The van der Waals surface area contributed by atoms with Crippen LogP contribution in [0.5, 0.6) is 0 Å². The number of benzene rings is 4. The predicted octanol–water partition coefficient (Wildman–Crippen LogP) is 4.67. The molecule has 1 N–H and O–H groups in total. The van der Waals surface area contributed by atoms with Gasteiger partial charge in [0.25, 0.3) is 17.7 Å². The molecule has 1 unspecified atom stereocenters. The van der Waals surface area contributed by atoms with Crippen LogP contribution >= 0.6 is 0 Å². The first-order chi connectivity index (χ1) is 17.4. The summed E-state index contributed by atoms with van der Waals surface area (Å²) in [5, 5.41) is 4.25. The Bertz CT molecular complexity index is 1440. The van der Waals surface area contributed by atoms with Crippen molar-refractivity contribution in [2.24, 2.45) is 0 Å². The molecule has 4 aromatic rings. The van der Waals surface area contributed by atoms with Gasteiger partial charge < -0.3 is 10.1 Å². The van der Waals surface area contributed by atoms with Gasteiger partial charge in [-0.2, -0.15) is 0 Å². The Kier molecular flexibility index (Phi) is 6.04. The topological polar surface area (TPSA) is 92.8 Å². The first-order valence-corrected chi connectivity index (χ1v) is 11.5. The van der Waals surface area contributed by atoms with E-state index in [4.69, 9.17) is 4.74 Å². The van der Waals surface area contributed by atoms with Crippen LogP contribution in [0.4, 0.5) is 5.69 Å². The molecule has 0 radical (unpaired) electrons. The van der Waals surface area contributed by atoms with Gasteiger partial charge in [-0.1, -0.05) is 54.6 Å². The Morgan fingerprint density at radius 2 is 1.42 bits per heavy atom. The van der Waals surface area contributed by atoms with Crippen molar-refractivity contribution in [2.75, 3.05) is 11.5 Å². The van der Waals surface area contributed by atoms with Crippen molar-refractivity contribution in [2.45, 2.75) is 13.0 Å². The van der Waals surface area contributed by atoms with Crippen molar-refractivity contribution in [3.8, 4) is 0 Å². The lowest BCUT2D eigenvalue weighted by atomic mass is 9.94. The Morgan fingerprint density at radius 1 is 0.806 bits per heavy atom. The van der Waals surface area contributed by atoms with Gasteiger partial charge in [-0.05, 0) is 54.3 Å². The number of ether oxygens (including phenoxy) is 1. The van der Waals surface area contributed by atoms with Crippen molar-refractivity contribution in [3.05, 3.63) is 113 Å². The van der Waals surface area contributed by atoms with Gasteiger partial charge in [-0.15, -0.1) is 0 Å². The van der Waals surface area contributed by atoms with Crippen LogP contribution in [-0.4, -0.2) is 30.3 Å². The fourth-order valence-electron chi connectivity index (χ4n) is 4.33. The van der Waals surface area contributed by atoms with Gasteiger partial charge in [-0.25, -0.2) is 9.69 Å². The maximum Gasteiger partial charge on any atom is 0.338 e. The average molecular weight is 479 g/mol. The predicted molar refractivity (Wildman–Crippen MR) is 135 cm³/mol. The van der Waals surface area contributed by atoms with E-state index < -0.39 is 30.3 Å². The SMILES string of the molecule is CC(NC(=O)COC(=O)c1ccc(N2C(=O)c3cccc4cccc(c34)C2=O)cc1)c1ccccc1. The number of carbonyl (C=O) groups excluding carboxylic acids is 4. The van der Waals surface area contributed by atoms with Gasteiger partial charge in [0.05, 0.1) is 17.3 Å². The van der Waals surface area contributed by atoms with Crippen molar-refractivity contribution in [1.29, 1.82) is 0 Å². The molecule has 1 atom stereocenters.